The van der Waals surface area contributed by atoms with Gasteiger partial charge in [0.2, 0.25) is 5.91 Å². The van der Waals surface area contributed by atoms with Crippen LogP contribution in [0.15, 0.2) is 0 Å². The first-order valence-electron chi connectivity index (χ1n) is 4.63. The van der Waals surface area contributed by atoms with Gasteiger partial charge >= 0.3 is 0 Å². The number of hydrogen-bond acceptors (Lipinski definition) is 5. The molecule has 1 fully saturated rings. The number of rotatable bonds is 1. The van der Waals surface area contributed by atoms with E-state index in [0.717, 1.165) is 6.42 Å². The summed E-state index contributed by atoms with van der Waals surface area (Å²) in [5, 5.41) is 31.2. The van der Waals surface area contributed by atoms with Crippen molar-refractivity contribution in [2.24, 2.45) is 0 Å². The van der Waals surface area contributed by atoms with Crippen LogP contribution in [0.3, 0.4) is 0 Å². The molecule has 6 nitrogen and oxygen atoms in total. The summed E-state index contributed by atoms with van der Waals surface area (Å²) in [5.41, 5.74) is 0. The van der Waals surface area contributed by atoms with Crippen molar-refractivity contribution < 1.29 is 20.2 Å². The summed E-state index contributed by atoms with van der Waals surface area (Å²) in [5.74, 6) is -2.72. The average molecular weight is 204 g/mol. The van der Waals surface area contributed by atoms with Crippen molar-refractivity contribution in [2.45, 2.75) is 38.1 Å². The van der Waals surface area contributed by atoms with Gasteiger partial charge in [0, 0.05) is 13.5 Å². The fourth-order valence-corrected chi connectivity index (χ4v) is 1.56. The smallest absolute Gasteiger partial charge is 0.268 e. The molecule has 1 rings (SSSR count). The second kappa shape index (κ2) is 4.22. The second-order valence-electron chi connectivity index (χ2n) is 3.56. The minimum absolute atomic E-state index is 0.184. The van der Waals surface area contributed by atoms with Gasteiger partial charge < -0.3 is 20.7 Å². The maximum atomic E-state index is 10.8. The monoisotopic (exact) mass is 204 g/mol. The van der Waals surface area contributed by atoms with Crippen LogP contribution in [-0.2, 0) is 4.79 Å². The molecule has 0 aromatic carbocycles. The molecule has 0 saturated carbocycles. The summed E-state index contributed by atoms with van der Waals surface area (Å²) in [7, 11) is 0. The molecule has 1 aliphatic rings. The highest BCUT2D eigenvalue weighted by atomic mass is 16.6. The van der Waals surface area contributed by atoms with Gasteiger partial charge in [0.05, 0.1) is 6.04 Å². The first kappa shape index (κ1) is 11.4. The van der Waals surface area contributed by atoms with Crippen molar-refractivity contribution >= 4 is 5.91 Å². The van der Waals surface area contributed by atoms with Gasteiger partial charge in [-0.3, -0.25) is 4.79 Å². The predicted octanol–water partition coefficient (Wildman–Crippen LogP) is -0.995. The third-order valence-electron chi connectivity index (χ3n) is 2.34. The molecule has 82 valence electrons. The van der Waals surface area contributed by atoms with Crippen molar-refractivity contribution in [3.05, 3.63) is 0 Å². The van der Waals surface area contributed by atoms with Gasteiger partial charge in [-0.25, -0.2) is 0 Å². The summed E-state index contributed by atoms with van der Waals surface area (Å²) in [6.45, 7) is 1.48. The lowest BCUT2D eigenvalue weighted by molar-refractivity contribution is -0.368. The van der Waals surface area contributed by atoms with Crippen molar-refractivity contribution in [1.29, 1.82) is 0 Å². The van der Waals surface area contributed by atoms with E-state index in [1.807, 2.05) is 0 Å². The molecule has 0 radical (unpaired) electrons. The largest absolute Gasteiger partial charge is 0.350 e. The molecule has 14 heavy (non-hydrogen) atoms. The van der Waals surface area contributed by atoms with Gasteiger partial charge in [-0.2, -0.15) is 0 Å². The normalized spacial score (nSPS) is 28.1. The average Bonchev–Trinajstić information content (AvgIpc) is 2.17. The Bertz CT molecular complexity index is 219. The zero-order valence-electron chi connectivity index (χ0n) is 8.10. The number of nitrogens with zero attached hydrogens (tertiary/aromatic N) is 1. The predicted molar refractivity (Wildman–Crippen MR) is 47.1 cm³/mol. The number of amides is 1. The van der Waals surface area contributed by atoms with Crippen LogP contribution in [0.2, 0.25) is 0 Å². The van der Waals surface area contributed by atoms with Crippen LogP contribution in [0.25, 0.3) is 0 Å². The Hall–Kier alpha value is -0.690. The Morgan fingerprint density at radius 1 is 1.50 bits per heavy atom. The molecule has 1 unspecified atom stereocenters. The van der Waals surface area contributed by atoms with Gasteiger partial charge in [-0.15, -0.1) is 5.06 Å². The highest BCUT2D eigenvalue weighted by Crippen LogP contribution is 2.21. The molecular formula is C8H16N2O4. The third-order valence-corrected chi connectivity index (χ3v) is 2.34. The van der Waals surface area contributed by atoms with E-state index in [1.165, 1.54) is 6.92 Å². The van der Waals surface area contributed by atoms with Crippen molar-refractivity contribution in [3.63, 3.8) is 0 Å². The highest BCUT2D eigenvalue weighted by Gasteiger charge is 2.42. The molecule has 4 N–H and O–H groups in total. The van der Waals surface area contributed by atoms with Gasteiger partial charge in [-0.1, -0.05) is 0 Å². The Labute approximate surface area is 82.1 Å². The summed E-state index contributed by atoms with van der Waals surface area (Å²) in [6.07, 6.45) is 1.82. The molecule has 0 aromatic heterocycles. The minimum atomic E-state index is -2.37. The topological polar surface area (TPSA) is 93.0 Å². The first-order chi connectivity index (χ1) is 6.44. The number of hydroxylamine groups is 2. The standard InChI is InChI=1S/C8H16N2O4/c1-6(11)9-7-4-2-3-5-10(14)8(7,12)13/h7,12-14H,2-5H2,1H3,(H,9,11). The zero-order chi connectivity index (χ0) is 10.8. The van der Waals surface area contributed by atoms with Crippen molar-refractivity contribution in [3.8, 4) is 0 Å². The summed E-state index contributed by atoms with van der Waals surface area (Å²) >= 11 is 0. The number of nitrogens with one attached hydrogen (secondary N) is 1. The van der Waals surface area contributed by atoms with Gasteiger partial charge in [0.15, 0.2) is 0 Å². The Balaban J connectivity index is 2.73. The van der Waals surface area contributed by atoms with E-state index in [0.29, 0.717) is 17.9 Å². The first-order valence-corrected chi connectivity index (χ1v) is 4.63. The number of hydrogen-bond donors (Lipinski definition) is 4. The Kier molecular flexibility index (Phi) is 3.43. The van der Waals surface area contributed by atoms with Gasteiger partial charge in [0.1, 0.15) is 0 Å². The van der Waals surface area contributed by atoms with Crippen LogP contribution in [0.4, 0.5) is 0 Å². The van der Waals surface area contributed by atoms with Crippen LogP contribution < -0.4 is 5.32 Å². The molecule has 1 amide bonds. The number of carbonyl (C=O) groups is 1. The van der Waals surface area contributed by atoms with E-state index in [9.17, 15) is 20.2 Å². The fourth-order valence-electron chi connectivity index (χ4n) is 1.56. The lowest BCUT2D eigenvalue weighted by Gasteiger charge is -2.34. The maximum absolute atomic E-state index is 10.8. The summed E-state index contributed by atoms with van der Waals surface area (Å²) < 4.78 is 0. The lowest BCUT2D eigenvalue weighted by atomic mass is 10.1. The van der Waals surface area contributed by atoms with E-state index < -0.39 is 12.0 Å². The van der Waals surface area contributed by atoms with Crippen molar-refractivity contribution in [1.82, 2.24) is 10.4 Å². The van der Waals surface area contributed by atoms with Gasteiger partial charge in [0.25, 0.3) is 5.91 Å². The zero-order valence-corrected chi connectivity index (χ0v) is 8.10. The number of carbonyl (C=O) groups excluding carboxylic acids is 1. The Morgan fingerprint density at radius 2 is 2.14 bits per heavy atom. The molecule has 0 bridgehead atoms. The lowest BCUT2D eigenvalue weighted by Crippen LogP contribution is -2.60. The summed E-state index contributed by atoms with van der Waals surface area (Å²) in [6, 6.07) is -0.854. The molecule has 1 aliphatic heterocycles. The molecular weight excluding hydrogens is 188 g/mol. The van der Waals surface area contributed by atoms with Crippen LogP contribution in [0.5, 0.6) is 0 Å². The molecule has 0 aliphatic carbocycles. The van der Waals surface area contributed by atoms with E-state index in [1.54, 1.807) is 0 Å². The SMILES string of the molecule is CC(=O)NC1CCCCN(O)C1(O)O. The fraction of sp³-hybridized carbons (Fsp3) is 0.875. The molecule has 6 heteroatoms. The van der Waals surface area contributed by atoms with E-state index >= 15 is 0 Å². The highest BCUT2D eigenvalue weighted by molar-refractivity contribution is 5.73. The van der Waals surface area contributed by atoms with Crippen LogP contribution >= 0.6 is 0 Å². The number of aliphatic hydroxyl groups is 2. The third kappa shape index (κ3) is 2.42. The minimum Gasteiger partial charge on any atom is -0.350 e. The quantitative estimate of drug-likeness (QED) is 0.411. The van der Waals surface area contributed by atoms with Crippen LogP contribution in [-0.4, -0.2) is 44.9 Å². The second-order valence-corrected chi connectivity index (χ2v) is 3.56. The van der Waals surface area contributed by atoms with E-state index in [-0.39, 0.29) is 12.5 Å². The van der Waals surface area contributed by atoms with E-state index in [2.05, 4.69) is 5.32 Å². The molecule has 0 spiro atoms. The Morgan fingerprint density at radius 3 is 2.71 bits per heavy atom. The maximum Gasteiger partial charge on any atom is 0.268 e. The van der Waals surface area contributed by atoms with Crippen LogP contribution in [0, 0.1) is 0 Å². The van der Waals surface area contributed by atoms with Gasteiger partial charge in [-0.05, 0) is 19.3 Å². The van der Waals surface area contributed by atoms with Crippen molar-refractivity contribution in [2.75, 3.05) is 6.54 Å². The molecule has 1 atom stereocenters. The summed E-state index contributed by atoms with van der Waals surface area (Å²) in [4.78, 5) is 10.8. The van der Waals surface area contributed by atoms with Crippen LogP contribution in [0.1, 0.15) is 26.2 Å². The molecule has 1 heterocycles. The molecule has 1 saturated heterocycles. The molecule has 0 aromatic rings. The van der Waals surface area contributed by atoms with E-state index in [4.69, 9.17) is 0 Å².